The Morgan fingerprint density at radius 1 is 1.17 bits per heavy atom. The lowest BCUT2D eigenvalue weighted by Gasteiger charge is -2.56. The summed E-state index contributed by atoms with van der Waals surface area (Å²) in [5, 5.41) is 1.84. The molecular formula is C27H24BF2N3O7S. The maximum Gasteiger partial charge on any atom is 0.510 e. The van der Waals surface area contributed by atoms with Crippen LogP contribution in [-0.2, 0) is 25.4 Å². The second-order valence-corrected chi connectivity index (χ2v) is 10.7. The normalized spacial score (nSPS) is 21.1. The van der Waals surface area contributed by atoms with Gasteiger partial charge in [-0.05, 0) is 23.3 Å². The fraction of sp³-hybridized carbons (Fsp3) is 0.296. The van der Waals surface area contributed by atoms with Crippen LogP contribution in [0.1, 0.15) is 27.2 Å². The van der Waals surface area contributed by atoms with Crippen LogP contribution in [0.25, 0.3) is 0 Å². The van der Waals surface area contributed by atoms with Crippen LogP contribution in [0.5, 0.6) is 5.75 Å². The quantitative estimate of drug-likeness (QED) is 0.260. The monoisotopic (exact) mass is 583 g/mol. The predicted molar refractivity (Wildman–Crippen MR) is 145 cm³/mol. The summed E-state index contributed by atoms with van der Waals surface area (Å²) in [4.78, 5) is 40.8. The smallest absolute Gasteiger partial charge is 0.451 e. The van der Waals surface area contributed by atoms with Crippen LogP contribution in [0.4, 0.5) is 13.6 Å². The molecule has 0 bridgehead atoms. The van der Waals surface area contributed by atoms with Crippen LogP contribution in [-0.4, -0.2) is 69.3 Å². The average molecular weight is 583 g/mol. The number of nitrogens with zero attached hydrogens (tertiary/aromatic N) is 3. The molecule has 0 N–H and O–H groups in total. The minimum atomic E-state index is -1.20. The fourth-order valence-electron chi connectivity index (χ4n) is 5.77. The third-order valence-electron chi connectivity index (χ3n) is 7.63. The van der Waals surface area contributed by atoms with Gasteiger partial charge in [0.05, 0.1) is 25.8 Å². The molecule has 6 rings (SSSR count). The van der Waals surface area contributed by atoms with Crippen molar-refractivity contribution in [3.05, 3.63) is 92.9 Å². The van der Waals surface area contributed by atoms with E-state index in [1.807, 2.05) is 37.1 Å². The number of ether oxygens (including phenoxy) is 4. The molecular weight excluding hydrogens is 559 g/mol. The number of benzene rings is 2. The summed E-state index contributed by atoms with van der Waals surface area (Å²) < 4.78 is 52.1. The molecule has 0 spiro atoms. The lowest BCUT2D eigenvalue weighted by molar-refractivity contribution is -0.0227. The first-order chi connectivity index (χ1) is 19.8. The largest absolute Gasteiger partial charge is 0.510 e. The number of rotatable bonds is 4. The average Bonchev–Trinajstić information content (AvgIpc) is 3.11. The molecule has 1 fully saturated rings. The number of amides is 1. The summed E-state index contributed by atoms with van der Waals surface area (Å²) in [7, 11) is 3.00. The van der Waals surface area contributed by atoms with Gasteiger partial charge in [0.15, 0.2) is 17.3 Å². The van der Waals surface area contributed by atoms with Gasteiger partial charge in [0.25, 0.3) is 5.91 Å². The predicted octanol–water partition coefficient (Wildman–Crippen LogP) is 2.14. The van der Waals surface area contributed by atoms with Gasteiger partial charge in [-0.1, -0.05) is 24.3 Å². The van der Waals surface area contributed by atoms with Crippen molar-refractivity contribution in [1.82, 2.24) is 9.58 Å². The Balaban J connectivity index is 1.62. The first kappa shape index (κ1) is 27.2. The summed E-state index contributed by atoms with van der Waals surface area (Å²) >= 11 is 1.38. The van der Waals surface area contributed by atoms with Gasteiger partial charge in [0, 0.05) is 35.0 Å². The van der Waals surface area contributed by atoms with Crippen molar-refractivity contribution in [3.63, 3.8) is 0 Å². The van der Waals surface area contributed by atoms with E-state index in [2.05, 4.69) is 4.74 Å². The molecule has 0 saturated carbocycles. The number of methoxy groups -OCH3 is 1. The van der Waals surface area contributed by atoms with Crippen molar-refractivity contribution in [2.45, 2.75) is 22.3 Å². The summed E-state index contributed by atoms with van der Waals surface area (Å²) in [5.74, 6) is -2.55. The van der Waals surface area contributed by atoms with E-state index < -0.39 is 47.5 Å². The van der Waals surface area contributed by atoms with E-state index in [1.54, 1.807) is 11.0 Å². The topological polar surface area (TPSA) is 99.5 Å². The van der Waals surface area contributed by atoms with Gasteiger partial charge in [-0.15, -0.1) is 11.8 Å². The van der Waals surface area contributed by atoms with Gasteiger partial charge in [0.1, 0.15) is 14.0 Å². The highest BCUT2D eigenvalue weighted by Gasteiger charge is 2.51. The van der Waals surface area contributed by atoms with Gasteiger partial charge >= 0.3 is 6.16 Å². The molecule has 3 aromatic rings. The number of pyridine rings is 1. The number of carbonyl (C=O) groups is 2. The zero-order chi connectivity index (χ0) is 28.9. The van der Waals surface area contributed by atoms with Crippen LogP contribution in [0.3, 0.4) is 0 Å². The van der Waals surface area contributed by atoms with E-state index >= 15 is 4.39 Å². The Bertz CT molecular complexity index is 1620. The zero-order valence-corrected chi connectivity index (χ0v) is 22.9. The van der Waals surface area contributed by atoms with E-state index in [0.717, 1.165) is 23.6 Å². The number of thioether (sulfide) groups is 1. The molecule has 41 heavy (non-hydrogen) atoms. The molecule has 3 aliphatic rings. The Kier molecular flexibility index (Phi) is 6.90. The fourth-order valence-corrected chi connectivity index (χ4v) is 6.95. The Morgan fingerprint density at radius 2 is 1.98 bits per heavy atom. The Morgan fingerprint density at radius 3 is 2.78 bits per heavy atom. The lowest BCUT2D eigenvalue weighted by Crippen LogP contribution is -2.71. The van der Waals surface area contributed by atoms with Crippen molar-refractivity contribution >= 4 is 31.7 Å². The summed E-state index contributed by atoms with van der Waals surface area (Å²) in [5.41, 5.74) is -0.438. The maximum atomic E-state index is 15.4. The maximum absolute atomic E-state index is 15.4. The molecule has 14 heteroatoms. The molecule has 0 aliphatic carbocycles. The summed E-state index contributed by atoms with van der Waals surface area (Å²) in [6, 6.07) is 11.4. The molecule has 1 saturated heterocycles. The minimum Gasteiger partial charge on any atom is -0.451 e. The van der Waals surface area contributed by atoms with Crippen LogP contribution in [0.15, 0.2) is 58.4 Å². The molecule has 1 amide bonds. The molecule has 212 valence electrons. The number of fused-ring (bicyclic) bond motifs is 4. The van der Waals surface area contributed by atoms with Gasteiger partial charge in [0.2, 0.25) is 18.0 Å². The van der Waals surface area contributed by atoms with E-state index in [0.29, 0.717) is 5.56 Å². The standard InChI is InChI=1S/C27H24BF2N3O7S/c1-37-26(36)40-14-39-24-19(34)8-9-32-23(24)25(35)31-10-11-38-12-21(31)33(32)27(28)16-6-7-18(29)22(30)15(16)13-41-20-5-3-2-4-17(20)27/h2-9,21H,10-14,28H2,1H3/t21-,27-/m1/s1. The number of halogens is 2. The second kappa shape index (κ2) is 10.4. The molecule has 2 atom stereocenters. The SMILES string of the molecule is B[C@]1(N2[C@@H]3COCCN3C(=O)c3c(OCOC(=O)OC)c(=O)ccn32)c2ccccc2SCc2c1ccc(F)c2F. The lowest BCUT2D eigenvalue weighted by atomic mass is 9.65. The highest BCUT2D eigenvalue weighted by atomic mass is 32.2. The van der Waals surface area contributed by atoms with Crippen molar-refractivity contribution in [1.29, 1.82) is 0 Å². The van der Waals surface area contributed by atoms with Gasteiger partial charge < -0.3 is 23.8 Å². The summed E-state index contributed by atoms with van der Waals surface area (Å²) in [6.07, 6.45) is -0.268. The summed E-state index contributed by atoms with van der Waals surface area (Å²) in [6.45, 7) is -0.0989. The van der Waals surface area contributed by atoms with Crippen molar-refractivity contribution in [2.75, 3.05) is 38.7 Å². The molecule has 10 nitrogen and oxygen atoms in total. The van der Waals surface area contributed by atoms with Gasteiger partial charge in [-0.2, -0.15) is 0 Å². The first-order valence-electron chi connectivity index (χ1n) is 12.7. The molecule has 4 heterocycles. The van der Waals surface area contributed by atoms with E-state index in [-0.39, 0.29) is 42.5 Å². The number of carbonyl (C=O) groups excluding carboxylic acids is 2. The van der Waals surface area contributed by atoms with Crippen molar-refractivity contribution in [2.24, 2.45) is 0 Å². The molecule has 3 aliphatic heterocycles. The van der Waals surface area contributed by atoms with E-state index in [1.165, 1.54) is 28.7 Å². The number of hydrogen-bond donors (Lipinski definition) is 0. The van der Waals surface area contributed by atoms with Crippen LogP contribution in [0.2, 0.25) is 0 Å². The van der Waals surface area contributed by atoms with Crippen LogP contribution < -0.4 is 15.2 Å². The van der Waals surface area contributed by atoms with Crippen LogP contribution >= 0.6 is 11.8 Å². The minimum absolute atomic E-state index is 0.108. The number of hydrogen-bond acceptors (Lipinski definition) is 9. The third-order valence-corrected chi connectivity index (χ3v) is 8.73. The first-order valence-corrected chi connectivity index (χ1v) is 13.7. The van der Waals surface area contributed by atoms with Crippen molar-refractivity contribution < 1.29 is 37.3 Å². The molecule has 0 unspecified atom stereocenters. The molecule has 0 radical (unpaired) electrons. The number of aromatic nitrogens is 1. The van der Waals surface area contributed by atoms with E-state index in [9.17, 15) is 18.8 Å². The second-order valence-electron chi connectivity index (χ2n) is 9.71. The molecule has 2 aromatic carbocycles. The number of morpholine rings is 1. The Labute approximate surface area is 238 Å². The van der Waals surface area contributed by atoms with Crippen molar-refractivity contribution in [3.8, 4) is 5.75 Å². The third kappa shape index (κ3) is 4.24. The van der Waals surface area contributed by atoms with Gasteiger partial charge in [-0.3, -0.25) is 19.3 Å². The van der Waals surface area contributed by atoms with Crippen LogP contribution in [0, 0.1) is 11.6 Å². The van der Waals surface area contributed by atoms with E-state index in [4.69, 9.17) is 14.2 Å². The zero-order valence-electron chi connectivity index (χ0n) is 22.1. The Hall–Kier alpha value is -4.04. The van der Waals surface area contributed by atoms with Gasteiger partial charge in [-0.25, -0.2) is 13.6 Å². The molecule has 1 aromatic heterocycles. The highest BCUT2D eigenvalue weighted by Crippen LogP contribution is 2.47. The highest BCUT2D eigenvalue weighted by molar-refractivity contribution is 7.98.